The molecular weight excluding hydrogens is 268 g/mol. The van der Waals surface area contributed by atoms with Gasteiger partial charge in [-0.05, 0) is 37.1 Å². The smallest absolute Gasteiger partial charge is 0.240 e. The number of furan rings is 1. The third kappa shape index (κ3) is 2.81. The second-order valence-corrected chi connectivity index (χ2v) is 5.16. The van der Waals surface area contributed by atoms with Crippen LogP contribution in [0.15, 0.2) is 53.1 Å². The maximum absolute atomic E-state index is 12.3. The first-order valence-corrected chi connectivity index (χ1v) is 6.88. The molecule has 0 radical (unpaired) electrons. The molecule has 5 nitrogen and oxygen atoms in total. The number of benzene rings is 1. The van der Waals surface area contributed by atoms with Crippen LogP contribution in [0.1, 0.15) is 18.6 Å². The van der Waals surface area contributed by atoms with Gasteiger partial charge in [0.25, 0.3) is 0 Å². The topological polar surface area (TPSA) is 71.3 Å². The summed E-state index contributed by atoms with van der Waals surface area (Å²) in [6, 6.07) is 12.7. The highest BCUT2D eigenvalue weighted by Gasteiger charge is 2.56. The fourth-order valence-corrected chi connectivity index (χ4v) is 2.20. The van der Waals surface area contributed by atoms with Crippen LogP contribution in [0.25, 0.3) is 0 Å². The Morgan fingerprint density at radius 3 is 2.43 bits per heavy atom. The molecular formula is C16H16N2O3. The number of amides is 2. The Morgan fingerprint density at radius 1 is 1.05 bits per heavy atom. The van der Waals surface area contributed by atoms with E-state index in [1.165, 1.54) is 0 Å². The van der Waals surface area contributed by atoms with Crippen molar-refractivity contribution >= 4 is 17.5 Å². The maximum Gasteiger partial charge on any atom is 0.240 e. The van der Waals surface area contributed by atoms with Gasteiger partial charge >= 0.3 is 0 Å². The van der Waals surface area contributed by atoms with Crippen molar-refractivity contribution in [1.82, 2.24) is 5.32 Å². The van der Waals surface area contributed by atoms with Gasteiger partial charge in [-0.2, -0.15) is 0 Å². The first kappa shape index (κ1) is 13.4. The highest BCUT2D eigenvalue weighted by Crippen LogP contribution is 2.46. The minimum atomic E-state index is -0.928. The number of hydrogen-bond acceptors (Lipinski definition) is 3. The summed E-state index contributed by atoms with van der Waals surface area (Å²) < 4.78 is 5.16. The molecule has 2 aromatic rings. The predicted octanol–water partition coefficient (Wildman–Crippen LogP) is 2.31. The Bertz CT molecular complexity index is 631. The summed E-state index contributed by atoms with van der Waals surface area (Å²) in [4.78, 5) is 24.5. The fraction of sp³-hybridized carbons (Fsp3) is 0.250. The third-order valence-electron chi connectivity index (χ3n) is 3.65. The molecule has 1 aliphatic rings. The summed E-state index contributed by atoms with van der Waals surface area (Å²) in [5, 5.41) is 5.56. The molecule has 0 unspecified atom stereocenters. The molecule has 0 saturated heterocycles. The maximum atomic E-state index is 12.3. The zero-order valence-corrected chi connectivity index (χ0v) is 11.5. The summed E-state index contributed by atoms with van der Waals surface area (Å²) in [7, 11) is 0. The fourth-order valence-electron chi connectivity index (χ4n) is 2.20. The normalized spacial score (nSPS) is 15.2. The Labute approximate surface area is 122 Å². The van der Waals surface area contributed by atoms with Crippen molar-refractivity contribution in [3.05, 3.63) is 54.5 Å². The van der Waals surface area contributed by atoms with E-state index in [2.05, 4.69) is 10.6 Å². The lowest BCUT2D eigenvalue weighted by molar-refractivity contribution is -0.134. The second-order valence-electron chi connectivity index (χ2n) is 5.16. The highest BCUT2D eigenvalue weighted by atomic mass is 16.3. The van der Waals surface area contributed by atoms with E-state index in [-0.39, 0.29) is 11.8 Å². The number of hydrogen-bond donors (Lipinski definition) is 2. The number of anilines is 1. The molecule has 2 N–H and O–H groups in total. The lowest BCUT2D eigenvalue weighted by atomic mass is 10.0. The summed E-state index contributed by atoms with van der Waals surface area (Å²) in [5.74, 6) is 0.181. The first-order chi connectivity index (χ1) is 10.2. The van der Waals surface area contributed by atoms with E-state index in [9.17, 15) is 9.59 Å². The van der Waals surface area contributed by atoms with Crippen LogP contribution in [0.2, 0.25) is 0 Å². The lowest BCUT2D eigenvalue weighted by Crippen LogP contribution is -2.39. The number of carbonyl (C=O) groups excluding carboxylic acids is 2. The summed E-state index contributed by atoms with van der Waals surface area (Å²) in [6.45, 7) is 0.298. The summed E-state index contributed by atoms with van der Waals surface area (Å²) in [6.07, 6.45) is 2.71. The molecule has 5 heteroatoms. The Balaban J connectivity index is 1.61. The monoisotopic (exact) mass is 284 g/mol. The minimum Gasteiger partial charge on any atom is -0.467 e. The van der Waals surface area contributed by atoms with E-state index in [0.717, 1.165) is 0 Å². The van der Waals surface area contributed by atoms with Crippen molar-refractivity contribution in [1.29, 1.82) is 0 Å². The predicted molar refractivity (Wildman–Crippen MR) is 77.3 cm³/mol. The quantitative estimate of drug-likeness (QED) is 0.828. The molecule has 1 aromatic heterocycles. The van der Waals surface area contributed by atoms with E-state index in [4.69, 9.17) is 4.42 Å². The number of rotatable bonds is 5. The molecule has 1 saturated carbocycles. The highest BCUT2D eigenvalue weighted by molar-refractivity contribution is 6.12. The largest absolute Gasteiger partial charge is 0.467 e. The van der Waals surface area contributed by atoms with Crippen LogP contribution in [0.4, 0.5) is 5.69 Å². The molecule has 0 aliphatic heterocycles. The van der Waals surface area contributed by atoms with Gasteiger partial charge in [0.2, 0.25) is 11.8 Å². The Kier molecular flexibility index (Phi) is 3.48. The van der Waals surface area contributed by atoms with Crippen LogP contribution in [0.5, 0.6) is 0 Å². The van der Waals surface area contributed by atoms with Gasteiger partial charge < -0.3 is 15.1 Å². The van der Waals surface area contributed by atoms with Crippen LogP contribution in [0, 0.1) is 5.41 Å². The Hall–Kier alpha value is -2.56. The van der Waals surface area contributed by atoms with Crippen molar-refractivity contribution in [2.24, 2.45) is 5.41 Å². The number of para-hydroxylation sites is 1. The Morgan fingerprint density at radius 2 is 1.81 bits per heavy atom. The molecule has 0 bridgehead atoms. The van der Waals surface area contributed by atoms with Crippen molar-refractivity contribution in [3.63, 3.8) is 0 Å². The van der Waals surface area contributed by atoms with Crippen LogP contribution < -0.4 is 10.6 Å². The van der Waals surface area contributed by atoms with Crippen LogP contribution in [-0.2, 0) is 16.1 Å². The molecule has 3 rings (SSSR count). The van der Waals surface area contributed by atoms with Gasteiger partial charge in [0.05, 0.1) is 12.8 Å². The molecule has 108 valence electrons. The standard InChI is InChI=1S/C16H16N2O3/c19-14(17-11-13-7-4-10-21-13)16(8-9-16)15(20)18-12-5-2-1-3-6-12/h1-7,10H,8-9,11H2,(H,17,19)(H,18,20). The number of nitrogens with one attached hydrogen (secondary N) is 2. The van der Waals surface area contributed by atoms with Crippen LogP contribution in [0.3, 0.4) is 0 Å². The van der Waals surface area contributed by atoms with Crippen molar-refractivity contribution in [2.45, 2.75) is 19.4 Å². The van der Waals surface area contributed by atoms with Gasteiger partial charge in [0.1, 0.15) is 11.2 Å². The SMILES string of the molecule is O=C(NCc1ccco1)C1(C(=O)Nc2ccccc2)CC1. The zero-order valence-electron chi connectivity index (χ0n) is 11.5. The molecule has 0 atom stereocenters. The van der Waals surface area contributed by atoms with Crippen molar-refractivity contribution in [2.75, 3.05) is 5.32 Å². The van der Waals surface area contributed by atoms with Gasteiger partial charge in [-0.25, -0.2) is 0 Å². The second kappa shape index (κ2) is 5.44. The van der Waals surface area contributed by atoms with Crippen molar-refractivity contribution in [3.8, 4) is 0 Å². The van der Waals surface area contributed by atoms with Crippen LogP contribution >= 0.6 is 0 Å². The molecule has 1 heterocycles. The molecule has 1 aromatic carbocycles. The summed E-state index contributed by atoms with van der Waals surface area (Å²) >= 11 is 0. The zero-order chi connectivity index (χ0) is 14.7. The lowest BCUT2D eigenvalue weighted by Gasteiger charge is -2.15. The third-order valence-corrected chi connectivity index (χ3v) is 3.65. The molecule has 1 aliphatic carbocycles. The first-order valence-electron chi connectivity index (χ1n) is 6.88. The van der Waals surface area contributed by atoms with E-state index >= 15 is 0 Å². The van der Waals surface area contributed by atoms with Gasteiger partial charge in [0.15, 0.2) is 0 Å². The van der Waals surface area contributed by atoms with Gasteiger partial charge in [0, 0.05) is 5.69 Å². The van der Waals surface area contributed by atoms with Crippen LogP contribution in [-0.4, -0.2) is 11.8 Å². The molecule has 0 spiro atoms. The van der Waals surface area contributed by atoms with E-state index in [0.29, 0.717) is 30.8 Å². The molecule has 2 amide bonds. The molecule has 21 heavy (non-hydrogen) atoms. The minimum absolute atomic E-state index is 0.243. The average Bonchev–Trinajstić information content (AvgIpc) is 3.16. The summed E-state index contributed by atoms with van der Waals surface area (Å²) in [5.41, 5.74) is -0.227. The van der Waals surface area contributed by atoms with Gasteiger partial charge in [-0.1, -0.05) is 18.2 Å². The average molecular weight is 284 g/mol. The van der Waals surface area contributed by atoms with E-state index in [1.54, 1.807) is 30.5 Å². The van der Waals surface area contributed by atoms with Crippen molar-refractivity contribution < 1.29 is 14.0 Å². The van der Waals surface area contributed by atoms with Gasteiger partial charge in [-0.3, -0.25) is 9.59 Å². The van der Waals surface area contributed by atoms with E-state index < -0.39 is 5.41 Å². The number of carbonyl (C=O) groups is 2. The van der Waals surface area contributed by atoms with Gasteiger partial charge in [-0.15, -0.1) is 0 Å². The van der Waals surface area contributed by atoms with E-state index in [1.807, 2.05) is 18.2 Å². The molecule has 1 fully saturated rings.